The van der Waals surface area contributed by atoms with E-state index in [2.05, 4.69) is 10.5 Å². The molecule has 6 heteroatoms. The lowest BCUT2D eigenvalue weighted by Crippen LogP contribution is -2.49. The van der Waals surface area contributed by atoms with Gasteiger partial charge in [-0.25, -0.2) is 0 Å². The highest BCUT2D eigenvalue weighted by Gasteiger charge is 2.39. The maximum atomic E-state index is 5.41. The van der Waals surface area contributed by atoms with Gasteiger partial charge in [0.05, 0.1) is 0 Å². The molecule has 0 amide bonds. The second-order valence-corrected chi connectivity index (χ2v) is 2.97. The van der Waals surface area contributed by atoms with Crippen LogP contribution in [-0.4, -0.2) is 50.4 Å². The van der Waals surface area contributed by atoms with Crippen molar-refractivity contribution in [3.05, 3.63) is 0 Å². The predicted octanol–water partition coefficient (Wildman–Crippen LogP) is -0.213. The molecule has 0 spiro atoms. The summed E-state index contributed by atoms with van der Waals surface area (Å²) < 4.78 is 20.5. The molecule has 0 heterocycles. The van der Waals surface area contributed by atoms with Gasteiger partial charge < -0.3 is 24.4 Å². The molecule has 0 saturated carbocycles. The smallest absolute Gasteiger partial charge is 0.300 e. The van der Waals surface area contributed by atoms with Crippen molar-refractivity contribution < 1.29 is 18.6 Å². The van der Waals surface area contributed by atoms with Gasteiger partial charge in [-0.1, -0.05) is 0 Å². The molecular formula is C8H18NO4Si. The number of rotatable bonds is 8. The van der Waals surface area contributed by atoms with Crippen molar-refractivity contribution in [3.63, 3.8) is 0 Å². The van der Waals surface area contributed by atoms with E-state index < -0.39 is 5.97 Å². The van der Waals surface area contributed by atoms with Crippen molar-refractivity contribution in [2.45, 2.75) is 24.9 Å². The summed E-state index contributed by atoms with van der Waals surface area (Å²) in [5.41, 5.74) is 5.41. The summed E-state index contributed by atoms with van der Waals surface area (Å²) >= 11 is 0. The van der Waals surface area contributed by atoms with E-state index in [0.29, 0.717) is 13.0 Å². The first kappa shape index (κ1) is 14.0. The van der Waals surface area contributed by atoms with Gasteiger partial charge in [0.25, 0.3) is 16.5 Å². The van der Waals surface area contributed by atoms with E-state index in [-0.39, 0.29) is 6.10 Å². The molecule has 0 aromatic rings. The zero-order valence-electron chi connectivity index (χ0n) is 8.91. The van der Waals surface area contributed by atoms with E-state index >= 15 is 0 Å². The molecular weight excluding hydrogens is 202 g/mol. The molecule has 0 saturated heterocycles. The molecule has 3 radical (unpaired) electrons. The molecule has 0 bridgehead atoms. The summed E-state index contributed by atoms with van der Waals surface area (Å²) in [6.45, 7) is 0.588. The molecule has 0 aromatic heterocycles. The first-order chi connectivity index (χ1) is 6.70. The monoisotopic (exact) mass is 220 g/mol. The number of hydrogen-bond donors (Lipinski definition) is 1. The summed E-state index contributed by atoms with van der Waals surface area (Å²) in [7, 11) is 7.45. The van der Waals surface area contributed by atoms with Crippen LogP contribution in [0.15, 0.2) is 0 Å². The summed E-state index contributed by atoms with van der Waals surface area (Å²) in [6, 6.07) is 0. The number of nitrogens with two attached hydrogens (primary N) is 1. The Bertz CT molecular complexity index is 135. The number of hydrogen-bond acceptors (Lipinski definition) is 5. The fraction of sp³-hybridized carbons (Fsp3) is 1.00. The Morgan fingerprint density at radius 2 is 1.86 bits per heavy atom. The minimum absolute atomic E-state index is 0.335. The van der Waals surface area contributed by atoms with Crippen molar-refractivity contribution in [2.75, 3.05) is 27.9 Å². The van der Waals surface area contributed by atoms with Gasteiger partial charge in [-0.15, -0.1) is 0 Å². The average Bonchev–Trinajstić information content (AvgIpc) is 2.25. The van der Waals surface area contributed by atoms with Gasteiger partial charge in [0, 0.05) is 21.3 Å². The normalized spacial score (nSPS) is 14.4. The highest BCUT2D eigenvalue weighted by Crippen LogP contribution is 2.23. The minimum atomic E-state index is -1.22. The van der Waals surface area contributed by atoms with Crippen molar-refractivity contribution >= 4 is 10.5 Å². The zero-order chi connectivity index (χ0) is 11.0. The first-order valence-corrected chi connectivity index (χ1v) is 4.79. The largest absolute Gasteiger partial charge is 0.373 e. The van der Waals surface area contributed by atoms with Crippen LogP contribution in [0.3, 0.4) is 0 Å². The van der Waals surface area contributed by atoms with E-state index in [1.165, 1.54) is 14.2 Å². The van der Waals surface area contributed by atoms with Gasteiger partial charge in [-0.2, -0.15) is 0 Å². The van der Waals surface area contributed by atoms with Crippen LogP contribution in [-0.2, 0) is 18.6 Å². The van der Waals surface area contributed by atoms with Crippen LogP contribution in [0.25, 0.3) is 0 Å². The minimum Gasteiger partial charge on any atom is -0.373 e. The highest BCUT2D eigenvalue weighted by atomic mass is 28.2. The van der Waals surface area contributed by atoms with Gasteiger partial charge in [0.15, 0.2) is 0 Å². The van der Waals surface area contributed by atoms with Crippen molar-refractivity contribution in [3.8, 4) is 0 Å². The third kappa shape index (κ3) is 3.30. The van der Waals surface area contributed by atoms with Crippen molar-refractivity contribution in [1.82, 2.24) is 0 Å². The second kappa shape index (κ2) is 7.33. The van der Waals surface area contributed by atoms with E-state index in [4.69, 9.17) is 24.4 Å². The summed E-state index contributed by atoms with van der Waals surface area (Å²) in [5, 5.41) is 0. The van der Waals surface area contributed by atoms with Crippen molar-refractivity contribution in [1.29, 1.82) is 0 Å². The molecule has 0 aromatic carbocycles. The average molecular weight is 220 g/mol. The fourth-order valence-electron chi connectivity index (χ4n) is 1.24. The van der Waals surface area contributed by atoms with Crippen molar-refractivity contribution in [2.24, 2.45) is 5.73 Å². The summed E-state index contributed by atoms with van der Waals surface area (Å²) in [6.07, 6.45) is 1.17. The third-order valence-corrected chi connectivity index (χ3v) is 2.35. The maximum Gasteiger partial charge on any atom is 0.300 e. The predicted molar refractivity (Wildman–Crippen MR) is 52.7 cm³/mol. The number of methoxy groups -OCH3 is 3. The van der Waals surface area contributed by atoms with Crippen LogP contribution in [0.5, 0.6) is 0 Å². The van der Waals surface area contributed by atoms with Crippen LogP contribution in [0.1, 0.15) is 12.8 Å². The second-order valence-electron chi connectivity index (χ2n) is 2.77. The summed E-state index contributed by atoms with van der Waals surface area (Å²) in [5.74, 6) is -1.22. The van der Waals surface area contributed by atoms with Crippen LogP contribution in [0.2, 0.25) is 0 Å². The van der Waals surface area contributed by atoms with Crippen LogP contribution < -0.4 is 5.73 Å². The van der Waals surface area contributed by atoms with Gasteiger partial charge in [0.2, 0.25) is 0 Å². The Balaban J connectivity index is 4.40. The van der Waals surface area contributed by atoms with E-state index in [1.807, 2.05) is 0 Å². The quantitative estimate of drug-likeness (QED) is 0.453. The van der Waals surface area contributed by atoms with E-state index in [0.717, 1.165) is 6.42 Å². The SMILES string of the molecule is COC(CCCN)C(OC)(OC)O[Si]. The summed E-state index contributed by atoms with van der Waals surface area (Å²) in [4.78, 5) is 0. The molecule has 2 N–H and O–H groups in total. The Kier molecular flexibility index (Phi) is 7.34. The van der Waals surface area contributed by atoms with Crippen LogP contribution in [0, 0.1) is 0 Å². The molecule has 5 nitrogen and oxygen atoms in total. The zero-order valence-corrected chi connectivity index (χ0v) is 9.91. The van der Waals surface area contributed by atoms with Gasteiger partial charge in [-0.05, 0) is 19.4 Å². The Hall–Kier alpha value is 0.0169. The molecule has 1 unspecified atom stereocenters. The molecule has 0 fully saturated rings. The van der Waals surface area contributed by atoms with Crippen LogP contribution in [0.4, 0.5) is 0 Å². The molecule has 14 heavy (non-hydrogen) atoms. The molecule has 0 aliphatic carbocycles. The Labute approximate surface area is 88.4 Å². The maximum absolute atomic E-state index is 5.41. The van der Waals surface area contributed by atoms with Gasteiger partial charge >= 0.3 is 0 Å². The third-order valence-electron chi connectivity index (χ3n) is 2.06. The van der Waals surface area contributed by atoms with Gasteiger partial charge in [0.1, 0.15) is 6.10 Å². The van der Waals surface area contributed by atoms with Gasteiger partial charge in [-0.3, -0.25) is 0 Å². The highest BCUT2D eigenvalue weighted by molar-refractivity contribution is 5.98. The van der Waals surface area contributed by atoms with E-state index in [9.17, 15) is 0 Å². The lowest BCUT2D eigenvalue weighted by atomic mass is 10.1. The lowest BCUT2D eigenvalue weighted by Gasteiger charge is -2.35. The first-order valence-electron chi connectivity index (χ1n) is 4.38. The van der Waals surface area contributed by atoms with Crippen LogP contribution >= 0.6 is 0 Å². The number of ether oxygens (including phenoxy) is 3. The molecule has 83 valence electrons. The standard InChI is InChI=1S/C8H18NO4Si/c1-10-7(5-4-6-9)8(11-2,12-3)13-14/h7H,4-6,9H2,1-3H3. The fourth-order valence-corrected chi connectivity index (χ4v) is 1.54. The topological polar surface area (TPSA) is 62.9 Å². The molecule has 0 aliphatic rings. The Morgan fingerprint density at radius 1 is 1.29 bits per heavy atom. The molecule has 0 rings (SSSR count). The molecule has 0 aliphatic heterocycles. The Morgan fingerprint density at radius 3 is 2.14 bits per heavy atom. The lowest BCUT2D eigenvalue weighted by molar-refractivity contribution is -0.365. The molecule has 1 atom stereocenters. The van der Waals surface area contributed by atoms with E-state index in [1.54, 1.807) is 7.11 Å².